The first-order valence-corrected chi connectivity index (χ1v) is 11.7. The van der Waals surface area contributed by atoms with E-state index in [4.69, 9.17) is 18.9 Å². The number of methoxy groups -OCH3 is 1. The van der Waals surface area contributed by atoms with Crippen LogP contribution in [-0.4, -0.2) is 56.7 Å². The molecule has 3 rings (SSSR count). The Morgan fingerprint density at radius 3 is 2.06 bits per heavy atom. The molecule has 0 aliphatic carbocycles. The van der Waals surface area contributed by atoms with Gasteiger partial charge in [-0.15, -0.1) is 0 Å². The fourth-order valence-corrected chi connectivity index (χ4v) is 3.85. The molecule has 0 aromatic heterocycles. The molecule has 0 bridgehead atoms. The molecule has 1 aliphatic heterocycles. The third kappa shape index (κ3) is 7.37. The zero-order valence-electron chi connectivity index (χ0n) is 20.3. The van der Waals surface area contributed by atoms with Gasteiger partial charge in [0.2, 0.25) is 0 Å². The molecule has 5 atom stereocenters. The lowest BCUT2D eigenvalue weighted by molar-refractivity contribution is -0.274. The highest BCUT2D eigenvalue weighted by molar-refractivity contribution is 5.89. The summed E-state index contributed by atoms with van der Waals surface area (Å²) in [5.74, 6) is -1.50. The molecule has 1 fully saturated rings. The van der Waals surface area contributed by atoms with Crippen molar-refractivity contribution < 1.29 is 38.1 Å². The molecule has 8 nitrogen and oxygen atoms in total. The molecule has 2 aromatic carbocycles. The van der Waals surface area contributed by atoms with Crippen molar-refractivity contribution in [2.45, 2.75) is 45.2 Å². The van der Waals surface area contributed by atoms with Crippen LogP contribution in [0.4, 0.5) is 0 Å². The monoisotopic (exact) mass is 484 g/mol. The van der Waals surface area contributed by atoms with E-state index in [1.165, 1.54) is 7.11 Å². The molecule has 188 valence electrons. The molecule has 1 saturated heterocycles. The van der Waals surface area contributed by atoms with Crippen molar-refractivity contribution in [3.63, 3.8) is 0 Å². The highest BCUT2D eigenvalue weighted by atomic mass is 16.7. The van der Waals surface area contributed by atoms with Crippen LogP contribution in [0.15, 0.2) is 60.7 Å². The van der Waals surface area contributed by atoms with E-state index in [9.17, 15) is 14.4 Å². The van der Waals surface area contributed by atoms with Gasteiger partial charge < -0.3 is 23.7 Å². The number of ether oxygens (including phenoxy) is 5. The lowest BCUT2D eigenvalue weighted by Crippen LogP contribution is -2.53. The summed E-state index contributed by atoms with van der Waals surface area (Å²) in [5, 5.41) is 0. The number of carbonyl (C=O) groups is 3. The van der Waals surface area contributed by atoms with Gasteiger partial charge in [0.25, 0.3) is 0 Å². The van der Waals surface area contributed by atoms with Gasteiger partial charge in [-0.2, -0.15) is 0 Å². The van der Waals surface area contributed by atoms with Gasteiger partial charge in [-0.25, -0.2) is 9.59 Å². The second kappa shape index (κ2) is 13.0. The summed E-state index contributed by atoms with van der Waals surface area (Å²) >= 11 is 0. The minimum Gasteiger partial charge on any atom is -0.469 e. The third-order valence-electron chi connectivity index (χ3n) is 6.19. The van der Waals surface area contributed by atoms with Crippen LogP contribution in [0, 0.1) is 11.8 Å². The Balaban J connectivity index is 1.67. The lowest BCUT2D eigenvalue weighted by atomic mass is 9.83. The van der Waals surface area contributed by atoms with E-state index in [1.54, 1.807) is 48.5 Å². The second-order valence-electron chi connectivity index (χ2n) is 8.51. The van der Waals surface area contributed by atoms with Crippen LogP contribution in [0.3, 0.4) is 0 Å². The van der Waals surface area contributed by atoms with Gasteiger partial charge in [0.1, 0.15) is 6.61 Å². The average Bonchev–Trinajstić information content (AvgIpc) is 2.90. The molecular weight excluding hydrogens is 452 g/mol. The Bertz CT molecular complexity index is 960. The largest absolute Gasteiger partial charge is 0.469 e. The first kappa shape index (κ1) is 26.4. The first-order chi connectivity index (χ1) is 16.9. The SMILES string of the molecule is COC(=O)CCCO[C@@H]1OC(COC(=O)c2ccccc2)[C@@H](C)[C@H](C)C1OC(=O)c1ccccc1. The van der Waals surface area contributed by atoms with Crippen molar-refractivity contribution in [3.8, 4) is 0 Å². The predicted octanol–water partition coefficient (Wildman–Crippen LogP) is 4.04. The molecular formula is C27H32O8. The van der Waals surface area contributed by atoms with Gasteiger partial charge in [0.15, 0.2) is 12.4 Å². The Morgan fingerprint density at radius 2 is 1.46 bits per heavy atom. The van der Waals surface area contributed by atoms with Crippen molar-refractivity contribution in [2.75, 3.05) is 20.3 Å². The summed E-state index contributed by atoms with van der Waals surface area (Å²) in [6.07, 6.45) is -1.41. The van der Waals surface area contributed by atoms with Gasteiger partial charge in [-0.1, -0.05) is 50.2 Å². The van der Waals surface area contributed by atoms with Crippen LogP contribution >= 0.6 is 0 Å². The van der Waals surface area contributed by atoms with E-state index in [0.717, 1.165) is 0 Å². The molecule has 0 amide bonds. The van der Waals surface area contributed by atoms with Crippen LogP contribution in [0.1, 0.15) is 47.4 Å². The number of hydrogen-bond donors (Lipinski definition) is 0. The van der Waals surface area contributed by atoms with Crippen LogP contribution in [-0.2, 0) is 28.5 Å². The first-order valence-electron chi connectivity index (χ1n) is 11.7. The van der Waals surface area contributed by atoms with E-state index in [-0.39, 0.29) is 37.4 Å². The zero-order chi connectivity index (χ0) is 25.2. The number of carbonyl (C=O) groups excluding carboxylic acids is 3. The van der Waals surface area contributed by atoms with E-state index in [2.05, 4.69) is 4.74 Å². The summed E-state index contributed by atoms with van der Waals surface area (Å²) < 4.78 is 28.1. The highest BCUT2D eigenvalue weighted by Crippen LogP contribution is 2.34. The molecule has 2 unspecified atom stereocenters. The number of benzene rings is 2. The van der Waals surface area contributed by atoms with Crippen molar-refractivity contribution in [1.82, 2.24) is 0 Å². The van der Waals surface area contributed by atoms with Crippen LogP contribution in [0.5, 0.6) is 0 Å². The minimum absolute atomic E-state index is 0.0284. The summed E-state index contributed by atoms with van der Waals surface area (Å²) in [5.41, 5.74) is 0.880. The molecule has 1 heterocycles. The Hall–Kier alpha value is -3.23. The molecule has 8 heteroatoms. The molecule has 1 aliphatic rings. The van der Waals surface area contributed by atoms with E-state index >= 15 is 0 Å². The topological polar surface area (TPSA) is 97.4 Å². The minimum atomic E-state index is -0.882. The molecule has 0 N–H and O–H groups in total. The highest BCUT2D eigenvalue weighted by Gasteiger charge is 2.45. The summed E-state index contributed by atoms with van der Waals surface area (Å²) in [7, 11) is 1.33. The maximum absolute atomic E-state index is 12.8. The van der Waals surface area contributed by atoms with E-state index < -0.39 is 30.4 Å². The van der Waals surface area contributed by atoms with Gasteiger partial charge in [0, 0.05) is 12.3 Å². The fraction of sp³-hybridized carbons (Fsp3) is 0.444. The van der Waals surface area contributed by atoms with Gasteiger partial charge in [0.05, 0.1) is 30.9 Å². The van der Waals surface area contributed by atoms with E-state index in [1.807, 2.05) is 26.0 Å². The smallest absolute Gasteiger partial charge is 0.338 e. The molecule has 2 aromatic rings. The van der Waals surface area contributed by atoms with E-state index in [0.29, 0.717) is 17.5 Å². The standard InChI is InChI=1S/C27H32O8/c1-18-19(2)24(35-26(30)21-13-8-5-9-14-21)27(32-16-10-15-23(28)31-3)34-22(18)17-33-25(29)20-11-6-4-7-12-20/h4-9,11-14,18-19,22,24,27H,10,15-17H2,1-3H3/t18-,19-,22?,24?,27+/m0/s1. The zero-order valence-corrected chi connectivity index (χ0v) is 20.3. The maximum atomic E-state index is 12.8. The van der Waals surface area contributed by atoms with Crippen molar-refractivity contribution in [2.24, 2.45) is 11.8 Å². The van der Waals surface area contributed by atoms with Crippen LogP contribution in [0.25, 0.3) is 0 Å². The molecule has 0 radical (unpaired) electrons. The van der Waals surface area contributed by atoms with Crippen molar-refractivity contribution in [1.29, 1.82) is 0 Å². The molecule has 35 heavy (non-hydrogen) atoms. The lowest BCUT2D eigenvalue weighted by Gasteiger charge is -2.43. The summed E-state index contributed by atoms with van der Waals surface area (Å²) in [4.78, 5) is 36.6. The normalized spacial score (nSPS) is 23.8. The molecule has 0 saturated carbocycles. The fourth-order valence-electron chi connectivity index (χ4n) is 3.85. The van der Waals surface area contributed by atoms with Gasteiger partial charge >= 0.3 is 17.9 Å². The van der Waals surface area contributed by atoms with Crippen LogP contribution in [0.2, 0.25) is 0 Å². The van der Waals surface area contributed by atoms with Crippen LogP contribution < -0.4 is 0 Å². The summed E-state index contributed by atoms with van der Waals surface area (Å²) in [6, 6.07) is 17.4. The Kier molecular flexibility index (Phi) is 9.81. The summed E-state index contributed by atoms with van der Waals surface area (Å²) in [6.45, 7) is 4.15. The number of rotatable bonds is 10. The number of hydrogen-bond acceptors (Lipinski definition) is 8. The predicted molar refractivity (Wildman–Crippen MR) is 127 cm³/mol. The maximum Gasteiger partial charge on any atom is 0.338 e. The number of esters is 3. The van der Waals surface area contributed by atoms with Gasteiger partial charge in [-0.3, -0.25) is 4.79 Å². The van der Waals surface area contributed by atoms with Crippen molar-refractivity contribution in [3.05, 3.63) is 71.8 Å². The average molecular weight is 485 g/mol. The second-order valence-corrected chi connectivity index (χ2v) is 8.51. The quantitative estimate of drug-likeness (QED) is 0.283. The molecule has 0 spiro atoms. The van der Waals surface area contributed by atoms with Gasteiger partial charge in [-0.05, 0) is 36.6 Å². The Labute approximate surface area is 205 Å². The third-order valence-corrected chi connectivity index (χ3v) is 6.19. The Morgan fingerprint density at radius 1 is 0.857 bits per heavy atom. The van der Waals surface area contributed by atoms with Crippen molar-refractivity contribution >= 4 is 17.9 Å².